The predicted octanol–water partition coefficient (Wildman–Crippen LogP) is 1.91. The van der Waals surface area contributed by atoms with E-state index in [0.29, 0.717) is 12.5 Å². The van der Waals surface area contributed by atoms with Crippen LogP contribution in [0.5, 0.6) is 0 Å². The minimum Gasteiger partial charge on any atom is -0.481 e. The van der Waals surface area contributed by atoms with Crippen molar-refractivity contribution in [2.45, 2.75) is 32.2 Å². The van der Waals surface area contributed by atoms with Crippen LogP contribution in [0.3, 0.4) is 0 Å². The molecule has 0 aliphatic rings. The van der Waals surface area contributed by atoms with Crippen molar-refractivity contribution in [2.24, 2.45) is 0 Å². The van der Waals surface area contributed by atoms with Crippen molar-refractivity contribution >= 4 is 22.4 Å². The lowest BCUT2D eigenvalue weighted by atomic mass is 10.2. The summed E-state index contributed by atoms with van der Waals surface area (Å²) >= 11 is 1.54. The van der Waals surface area contributed by atoms with Crippen molar-refractivity contribution in [1.82, 2.24) is 9.88 Å². The second-order valence-electron chi connectivity index (χ2n) is 4.68. The number of aliphatic carboxylic acids is 1. The SMILES string of the molecule is CC(CCN(C)C)Nc1nc(CCC(=O)O)cs1. The van der Waals surface area contributed by atoms with E-state index < -0.39 is 5.97 Å². The molecular formula is C12H21N3O2S. The number of nitrogens with zero attached hydrogens (tertiary/aromatic N) is 2. The van der Waals surface area contributed by atoms with Crippen molar-refractivity contribution in [1.29, 1.82) is 0 Å². The molecule has 2 N–H and O–H groups in total. The molecule has 0 bridgehead atoms. The first-order valence-corrected chi connectivity index (χ1v) is 6.93. The fraction of sp³-hybridized carbons (Fsp3) is 0.667. The van der Waals surface area contributed by atoms with Gasteiger partial charge in [0.05, 0.1) is 12.1 Å². The summed E-state index contributed by atoms with van der Waals surface area (Å²) in [4.78, 5) is 17.0. The monoisotopic (exact) mass is 271 g/mol. The number of hydrogen-bond acceptors (Lipinski definition) is 5. The molecule has 0 fully saturated rings. The Kier molecular flexibility index (Phi) is 6.07. The van der Waals surface area contributed by atoms with Crippen LogP contribution in [-0.4, -0.2) is 47.6 Å². The van der Waals surface area contributed by atoms with E-state index in [1.54, 1.807) is 0 Å². The zero-order chi connectivity index (χ0) is 13.5. The second kappa shape index (κ2) is 7.33. The summed E-state index contributed by atoms with van der Waals surface area (Å²) < 4.78 is 0. The Hall–Kier alpha value is -1.14. The number of nitrogens with one attached hydrogen (secondary N) is 1. The Bertz CT molecular complexity index is 379. The van der Waals surface area contributed by atoms with Gasteiger partial charge in [0, 0.05) is 17.8 Å². The molecule has 0 aromatic carbocycles. The Morgan fingerprint density at radius 2 is 2.33 bits per heavy atom. The van der Waals surface area contributed by atoms with Gasteiger partial charge in [-0.25, -0.2) is 4.98 Å². The molecule has 6 heteroatoms. The average Bonchev–Trinajstić information content (AvgIpc) is 2.71. The number of aryl methyl sites for hydroxylation is 1. The fourth-order valence-corrected chi connectivity index (χ4v) is 2.32. The van der Waals surface area contributed by atoms with Crippen LogP contribution in [0.15, 0.2) is 5.38 Å². The van der Waals surface area contributed by atoms with Crippen LogP contribution < -0.4 is 5.32 Å². The molecular weight excluding hydrogens is 250 g/mol. The lowest BCUT2D eigenvalue weighted by Gasteiger charge is -2.15. The van der Waals surface area contributed by atoms with E-state index >= 15 is 0 Å². The standard InChI is InChI=1S/C12H21N3O2S/c1-9(6-7-15(2)3)13-12-14-10(8-18-12)4-5-11(16)17/h8-9H,4-7H2,1-3H3,(H,13,14)(H,16,17). The van der Waals surface area contributed by atoms with E-state index in [0.717, 1.165) is 23.8 Å². The normalized spacial score (nSPS) is 12.7. The first kappa shape index (κ1) is 14.9. The third-order valence-electron chi connectivity index (χ3n) is 2.53. The van der Waals surface area contributed by atoms with Gasteiger partial charge in [-0.2, -0.15) is 0 Å². The topological polar surface area (TPSA) is 65.5 Å². The highest BCUT2D eigenvalue weighted by atomic mass is 32.1. The summed E-state index contributed by atoms with van der Waals surface area (Å²) in [7, 11) is 4.11. The van der Waals surface area contributed by atoms with E-state index in [1.165, 1.54) is 11.3 Å². The molecule has 0 aliphatic carbocycles. The molecule has 1 unspecified atom stereocenters. The zero-order valence-electron chi connectivity index (χ0n) is 11.1. The largest absolute Gasteiger partial charge is 0.481 e. The molecule has 0 spiro atoms. The highest BCUT2D eigenvalue weighted by Gasteiger charge is 2.07. The summed E-state index contributed by atoms with van der Waals surface area (Å²) in [5.74, 6) is -0.781. The molecule has 18 heavy (non-hydrogen) atoms. The van der Waals surface area contributed by atoms with Crippen molar-refractivity contribution in [2.75, 3.05) is 26.0 Å². The smallest absolute Gasteiger partial charge is 0.303 e. The maximum atomic E-state index is 10.5. The number of rotatable bonds is 8. The third kappa shape index (κ3) is 5.97. The Balaban J connectivity index is 2.36. The maximum Gasteiger partial charge on any atom is 0.303 e. The van der Waals surface area contributed by atoms with Gasteiger partial charge in [-0.15, -0.1) is 11.3 Å². The molecule has 0 amide bonds. The summed E-state index contributed by atoms with van der Waals surface area (Å²) in [6.07, 6.45) is 1.69. The highest BCUT2D eigenvalue weighted by molar-refractivity contribution is 7.13. The van der Waals surface area contributed by atoms with E-state index in [1.807, 2.05) is 5.38 Å². The molecule has 0 saturated carbocycles. The Morgan fingerprint density at radius 1 is 1.61 bits per heavy atom. The molecule has 1 heterocycles. The maximum absolute atomic E-state index is 10.5. The number of carboxylic acids is 1. The number of aromatic nitrogens is 1. The van der Waals surface area contributed by atoms with Gasteiger partial charge in [0.1, 0.15) is 0 Å². The lowest BCUT2D eigenvalue weighted by Crippen LogP contribution is -2.22. The Morgan fingerprint density at radius 3 is 2.94 bits per heavy atom. The average molecular weight is 271 g/mol. The van der Waals surface area contributed by atoms with Crippen LogP contribution >= 0.6 is 11.3 Å². The van der Waals surface area contributed by atoms with Crippen molar-refractivity contribution in [3.05, 3.63) is 11.1 Å². The highest BCUT2D eigenvalue weighted by Crippen LogP contribution is 2.18. The van der Waals surface area contributed by atoms with Crippen molar-refractivity contribution in [3.8, 4) is 0 Å². The molecule has 0 aliphatic heterocycles. The predicted molar refractivity (Wildman–Crippen MR) is 74.3 cm³/mol. The fourth-order valence-electron chi connectivity index (χ4n) is 1.46. The van der Waals surface area contributed by atoms with Crippen LogP contribution in [0.25, 0.3) is 0 Å². The van der Waals surface area contributed by atoms with Crippen LogP contribution in [0.1, 0.15) is 25.5 Å². The molecule has 1 atom stereocenters. The minimum absolute atomic E-state index is 0.138. The van der Waals surface area contributed by atoms with Gasteiger partial charge >= 0.3 is 5.97 Å². The number of anilines is 1. The zero-order valence-corrected chi connectivity index (χ0v) is 12.0. The van der Waals surface area contributed by atoms with E-state index in [-0.39, 0.29) is 6.42 Å². The van der Waals surface area contributed by atoms with Crippen LogP contribution in [0, 0.1) is 0 Å². The van der Waals surface area contributed by atoms with Gasteiger partial charge in [0.25, 0.3) is 0 Å². The van der Waals surface area contributed by atoms with E-state index in [9.17, 15) is 4.79 Å². The molecule has 1 rings (SSSR count). The Labute approximate surface area is 112 Å². The van der Waals surface area contributed by atoms with Gasteiger partial charge in [0.2, 0.25) is 0 Å². The summed E-state index contributed by atoms with van der Waals surface area (Å²) in [6, 6.07) is 0.367. The van der Waals surface area contributed by atoms with Gasteiger partial charge in [-0.05, 0) is 34.0 Å². The van der Waals surface area contributed by atoms with Gasteiger partial charge < -0.3 is 15.3 Å². The molecule has 0 radical (unpaired) electrons. The summed E-state index contributed by atoms with van der Waals surface area (Å²) in [6.45, 7) is 3.16. The number of hydrogen-bond donors (Lipinski definition) is 2. The number of carbonyl (C=O) groups is 1. The van der Waals surface area contributed by atoms with Crippen molar-refractivity contribution in [3.63, 3.8) is 0 Å². The number of carboxylic acid groups (broad SMARTS) is 1. The third-order valence-corrected chi connectivity index (χ3v) is 3.35. The molecule has 1 aromatic rings. The minimum atomic E-state index is -0.781. The molecule has 102 valence electrons. The first-order valence-electron chi connectivity index (χ1n) is 6.05. The van der Waals surface area contributed by atoms with Crippen LogP contribution in [0.2, 0.25) is 0 Å². The quantitative estimate of drug-likeness (QED) is 0.756. The molecule has 0 saturated heterocycles. The van der Waals surface area contributed by atoms with Crippen molar-refractivity contribution < 1.29 is 9.90 Å². The van der Waals surface area contributed by atoms with Gasteiger partial charge in [-0.3, -0.25) is 4.79 Å². The summed E-state index contributed by atoms with van der Waals surface area (Å²) in [5.41, 5.74) is 0.852. The van der Waals surface area contributed by atoms with Crippen LogP contribution in [-0.2, 0) is 11.2 Å². The molecule has 5 nitrogen and oxygen atoms in total. The first-order chi connectivity index (χ1) is 8.47. The lowest BCUT2D eigenvalue weighted by molar-refractivity contribution is -0.136. The van der Waals surface area contributed by atoms with Crippen LogP contribution in [0.4, 0.5) is 5.13 Å². The number of thiazole rings is 1. The van der Waals surface area contributed by atoms with Gasteiger partial charge in [-0.1, -0.05) is 0 Å². The van der Waals surface area contributed by atoms with E-state index in [4.69, 9.17) is 5.11 Å². The molecule has 1 aromatic heterocycles. The summed E-state index contributed by atoms with van der Waals surface area (Å²) in [5, 5.41) is 14.7. The van der Waals surface area contributed by atoms with E-state index in [2.05, 4.69) is 36.2 Å². The van der Waals surface area contributed by atoms with Gasteiger partial charge in [0.15, 0.2) is 5.13 Å². The second-order valence-corrected chi connectivity index (χ2v) is 5.53.